The molecule has 0 atom stereocenters. The highest BCUT2D eigenvalue weighted by Gasteiger charge is 2.08. The van der Waals surface area contributed by atoms with Crippen LogP contribution in [0.1, 0.15) is 18.1 Å². The monoisotopic (exact) mass is 263 g/mol. The van der Waals surface area contributed by atoms with E-state index in [0.29, 0.717) is 17.0 Å². The minimum Gasteiger partial charge on any atom is -0.427 e. The summed E-state index contributed by atoms with van der Waals surface area (Å²) in [6, 6.07) is 13.9. The van der Waals surface area contributed by atoms with Crippen molar-refractivity contribution in [3.05, 3.63) is 64.6 Å². The molecule has 2 aromatic carbocycles. The summed E-state index contributed by atoms with van der Waals surface area (Å²) in [4.78, 5) is 14.0. The third-order valence-electron chi connectivity index (χ3n) is 2.47. The average Bonchev–Trinajstić information content (AvgIpc) is 2.46. The van der Waals surface area contributed by atoms with Crippen LogP contribution in [0.5, 0.6) is 5.75 Å². The molecule has 2 aromatic rings. The quantitative estimate of drug-likeness (QED) is 0.342. The van der Waals surface area contributed by atoms with E-state index in [-0.39, 0.29) is 5.97 Å². The fraction of sp³-hybridized carbons (Fsp3) is 0.0625. The normalized spacial score (nSPS) is 9.00. The molecule has 0 spiro atoms. The lowest BCUT2D eigenvalue weighted by Gasteiger charge is -1.99. The molecule has 0 saturated carbocycles. The molecule has 20 heavy (non-hydrogen) atoms. The van der Waals surface area contributed by atoms with Crippen molar-refractivity contribution >= 4 is 11.7 Å². The summed E-state index contributed by atoms with van der Waals surface area (Å²) in [6.45, 7) is 1.35. The van der Waals surface area contributed by atoms with Gasteiger partial charge in [0.05, 0.1) is 0 Å². The molecule has 0 aliphatic heterocycles. The largest absolute Gasteiger partial charge is 0.427 e. The molecule has 96 valence electrons. The topological polar surface area (TPSA) is 54.5 Å². The Balaban J connectivity index is 2.21. The standard InChI is InChI=1S/C16H11N2O2/c1-12(19)20-15-10-7-13(8-11-15)6-9-14-4-2-3-5-16(14)18-17/h2-5,7-8,10-11H,1H3/q+1. The Kier molecular flexibility index (Phi) is 4.11. The van der Waals surface area contributed by atoms with Crippen molar-refractivity contribution in [3.63, 3.8) is 0 Å². The summed E-state index contributed by atoms with van der Waals surface area (Å²) < 4.78 is 4.93. The van der Waals surface area contributed by atoms with Gasteiger partial charge in [-0.15, -0.1) is 0 Å². The molecule has 0 amide bonds. The number of ether oxygens (including phenoxy) is 1. The van der Waals surface area contributed by atoms with E-state index in [4.69, 9.17) is 10.1 Å². The lowest BCUT2D eigenvalue weighted by atomic mass is 10.1. The Morgan fingerprint density at radius 2 is 1.80 bits per heavy atom. The van der Waals surface area contributed by atoms with Crippen LogP contribution >= 0.6 is 0 Å². The summed E-state index contributed by atoms with van der Waals surface area (Å²) >= 11 is 0. The fourth-order valence-corrected chi connectivity index (χ4v) is 1.58. The number of esters is 1. The summed E-state index contributed by atoms with van der Waals surface area (Å²) in [6.07, 6.45) is 0. The maximum atomic E-state index is 10.8. The second kappa shape index (κ2) is 6.17. The number of hydrogen-bond donors (Lipinski definition) is 0. The molecule has 0 unspecified atom stereocenters. The minimum atomic E-state index is -0.359. The second-order valence-corrected chi connectivity index (χ2v) is 3.99. The van der Waals surface area contributed by atoms with E-state index in [0.717, 1.165) is 5.56 Å². The maximum absolute atomic E-state index is 10.8. The molecule has 0 saturated heterocycles. The van der Waals surface area contributed by atoms with Crippen LogP contribution in [0.25, 0.3) is 4.98 Å². The third kappa shape index (κ3) is 3.44. The molecule has 4 nitrogen and oxygen atoms in total. The first-order valence-corrected chi connectivity index (χ1v) is 5.93. The number of carbonyl (C=O) groups excluding carboxylic acids is 1. The van der Waals surface area contributed by atoms with Crippen molar-refractivity contribution in [2.24, 2.45) is 0 Å². The first-order chi connectivity index (χ1) is 9.69. The van der Waals surface area contributed by atoms with Crippen molar-refractivity contribution in [1.82, 2.24) is 0 Å². The SMILES string of the molecule is CC(=O)Oc1ccc(C#Cc2ccccc2[N+]#N)cc1. The van der Waals surface area contributed by atoms with E-state index in [1.165, 1.54) is 6.92 Å². The number of hydrogen-bond acceptors (Lipinski definition) is 3. The number of nitrogens with zero attached hydrogens (tertiary/aromatic N) is 2. The van der Waals surface area contributed by atoms with Crippen molar-refractivity contribution < 1.29 is 9.53 Å². The van der Waals surface area contributed by atoms with Crippen LogP contribution in [0.2, 0.25) is 0 Å². The highest BCUT2D eigenvalue weighted by molar-refractivity contribution is 5.69. The molecule has 0 aliphatic carbocycles. The average molecular weight is 263 g/mol. The summed E-state index contributed by atoms with van der Waals surface area (Å²) in [5, 5.41) is 8.84. The number of carbonyl (C=O) groups is 1. The molecule has 0 heterocycles. The highest BCUT2D eigenvalue weighted by Crippen LogP contribution is 2.17. The molecule has 0 aliphatic rings. The molecule has 0 bridgehead atoms. The zero-order valence-electron chi connectivity index (χ0n) is 10.8. The Morgan fingerprint density at radius 3 is 2.45 bits per heavy atom. The van der Waals surface area contributed by atoms with Gasteiger partial charge in [-0.25, -0.2) is 0 Å². The summed E-state index contributed by atoms with van der Waals surface area (Å²) in [5.41, 5.74) is 1.84. The molecular weight excluding hydrogens is 252 g/mol. The van der Waals surface area contributed by atoms with Crippen LogP contribution in [0.3, 0.4) is 0 Å². The number of diazo groups is 1. The van der Waals surface area contributed by atoms with Crippen LogP contribution in [0.15, 0.2) is 48.5 Å². The van der Waals surface area contributed by atoms with Gasteiger partial charge in [-0.05, 0) is 30.3 Å². The van der Waals surface area contributed by atoms with Gasteiger partial charge in [0.25, 0.3) is 0 Å². The predicted molar refractivity (Wildman–Crippen MR) is 74.9 cm³/mol. The first kappa shape index (κ1) is 13.3. The summed E-state index contributed by atoms with van der Waals surface area (Å²) in [5.74, 6) is 6.01. The fourth-order valence-electron chi connectivity index (χ4n) is 1.58. The molecule has 0 N–H and O–H groups in total. The van der Waals surface area contributed by atoms with Gasteiger partial charge in [0.15, 0.2) is 4.98 Å². The van der Waals surface area contributed by atoms with Crippen molar-refractivity contribution in [2.45, 2.75) is 6.92 Å². The predicted octanol–water partition coefficient (Wildman–Crippen LogP) is 3.50. The van der Waals surface area contributed by atoms with Crippen LogP contribution in [-0.4, -0.2) is 5.97 Å². The molecule has 0 radical (unpaired) electrons. The van der Waals surface area contributed by atoms with Crippen molar-refractivity contribution in [3.8, 4) is 17.6 Å². The zero-order chi connectivity index (χ0) is 14.4. The zero-order valence-corrected chi connectivity index (χ0v) is 10.8. The maximum Gasteiger partial charge on any atom is 0.400 e. The van der Waals surface area contributed by atoms with E-state index < -0.39 is 0 Å². The Labute approximate surface area is 116 Å². The van der Waals surface area contributed by atoms with Crippen molar-refractivity contribution in [1.29, 1.82) is 5.39 Å². The Morgan fingerprint density at radius 1 is 1.10 bits per heavy atom. The molecule has 2 rings (SSSR count). The van der Waals surface area contributed by atoms with Crippen LogP contribution in [-0.2, 0) is 4.79 Å². The summed E-state index contributed by atoms with van der Waals surface area (Å²) in [7, 11) is 0. The second-order valence-electron chi connectivity index (χ2n) is 3.99. The highest BCUT2D eigenvalue weighted by atomic mass is 16.5. The lowest BCUT2D eigenvalue weighted by molar-refractivity contribution is -0.131. The van der Waals surface area contributed by atoms with E-state index in [9.17, 15) is 4.79 Å². The van der Waals surface area contributed by atoms with Crippen LogP contribution < -0.4 is 4.74 Å². The van der Waals surface area contributed by atoms with E-state index in [1.807, 2.05) is 6.07 Å². The van der Waals surface area contributed by atoms with Gasteiger partial charge < -0.3 is 4.74 Å². The molecule has 0 fully saturated rings. The molecule has 0 aromatic heterocycles. The van der Waals surface area contributed by atoms with Crippen molar-refractivity contribution in [2.75, 3.05) is 0 Å². The van der Waals surface area contributed by atoms with Crippen LogP contribution in [0.4, 0.5) is 5.69 Å². The smallest absolute Gasteiger partial charge is 0.400 e. The van der Waals surface area contributed by atoms with Gasteiger partial charge in [0.1, 0.15) is 11.3 Å². The van der Waals surface area contributed by atoms with Gasteiger partial charge in [0.2, 0.25) is 5.39 Å². The van der Waals surface area contributed by atoms with Gasteiger partial charge in [-0.1, -0.05) is 24.0 Å². The van der Waals surface area contributed by atoms with Crippen LogP contribution in [0, 0.1) is 17.2 Å². The first-order valence-electron chi connectivity index (χ1n) is 5.93. The van der Waals surface area contributed by atoms with E-state index in [1.54, 1.807) is 42.5 Å². The van der Waals surface area contributed by atoms with E-state index in [2.05, 4.69) is 16.8 Å². The molecule has 4 heteroatoms. The lowest BCUT2D eigenvalue weighted by Crippen LogP contribution is -2.00. The Hall–Kier alpha value is -3.11. The number of benzene rings is 2. The van der Waals surface area contributed by atoms with Gasteiger partial charge in [0, 0.05) is 18.6 Å². The van der Waals surface area contributed by atoms with Gasteiger partial charge in [-0.2, -0.15) is 0 Å². The Bertz CT molecular complexity index is 732. The third-order valence-corrected chi connectivity index (χ3v) is 2.47. The van der Waals surface area contributed by atoms with E-state index >= 15 is 0 Å². The van der Waals surface area contributed by atoms with Gasteiger partial charge in [-0.3, -0.25) is 4.79 Å². The van der Waals surface area contributed by atoms with Gasteiger partial charge >= 0.3 is 11.7 Å². The molecular formula is C16H11N2O2+. The minimum absolute atomic E-state index is 0.359. The number of rotatable bonds is 1.